The number of aromatic amines is 1. The van der Waals surface area contributed by atoms with Gasteiger partial charge in [0, 0.05) is 18.9 Å². The number of nitrogens with one attached hydrogen (secondary N) is 2. The van der Waals surface area contributed by atoms with Crippen LogP contribution in [0.1, 0.15) is 31.5 Å². The number of aryl methyl sites for hydroxylation is 1. The molecule has 2 rings (SSSR count). The minimum atomic E-state index is 0.0942. The number of nitrogens with zero attached hydrogens (tertiary/aromatic N) is 2. The van der Waals surface area contributed by atoms with E-state index in [0.29, 0.717) is 18.9 Å². The summed E-state index contributed by atoms with van der Waals surface area (Å²) in [6, 6.07) is 0.312. The van der Waals surface area contributed by atoms with Gasteiger partial charge in [0.25, 0.3) is 0 Å². The number of rotatable bonds is 4. The van der Waals surface area contributed by atoms with Crippen LogP contribution in [0.25, 0.3) is 0 Å². The molecule has 5 heteroatoms. The highest BCUT2D eigenvalue weighted by molar-refractivity contribution is 5.76. The van der Waals surface area contributed by atoms with E-state index < -0.39 is 0 Å². The maximum Gasteiger partial charge on any atom is 0.220 e. The topological polar surface area (TPSA) is 70.7 Å². The zero-order valence-corrected chi connectivity index (χ0v) is 9.15. The average Bonchev–Trinajstić information content (AvgIpc) is 2.81. The molecule has 1 heterocycles. The molecule has 16 heavy (non-hydrogen) atoms. The molecule has 0 bridgehead atoms. The van der Waals surface area contributed by atoms with Crippen molar-refractivity contribution in [1.82, 2.24) is 20.5 Å². The molecule has 0 saturated heterocycles. The van der Waals surface area contributed by atoms with Crippen LogP contribution < -0.4 is 5.32 Å². The van der Waals surface area contributed by atoms with Crippen molar-refractivity contribution in [3.63, 3.8) is 0 Å². The van der Waals surface area contributed by atoms with Gasteiger partial charge in [-0.15, -0.1) is 0 Å². The van der Waals surface area contributed by atoms with E-state index in [4.69, 9.17) is 0 Å². The minimum absolute atomic E-state index is 0.0942. The molecule has 1 aliphatic carbocycles. The molecule has 0 saturated carbocycles. The SMILES string of the molecule is O=C(CCc1ncn[nH]1)NC1CC=CCC1. The highest BCUT2D eigenvalue weighted by Gasteiger charge is 2.12. The number of aromatic nitrogens is 3. The predicted octanol–water partition coefficient (Wildman–Crippen LogP) is 0.962. The van der Waals surface area contributed by atoms with E-state index in [1.165, 1.54) is 6.33 Å². The summed E-state index contributed by atoms with van der Waals surface area (Å²) in [6.07, 6.45) is 9.90. The first-order chi connectivity index (χ1) is 7.84. The first-order valence-electron chi connectivity index (χ1n) is 5.63. The summed E-state index contributed by atoms with van der Waals surface area (Å²) < 4.78 is 0. The van der Waals surface area contributed by atoms with E-state index >= 15 is 0 Å². The van der Waals surface area contributed by atoms with Gasteiger partial charge >= 0.3 is 0 Å². The zero-order chi connectivity index (χ0) is 11.2. The largest absolute Gasteiger partial charge is 0.353 e. The molecule has 1 amide bonds. The van der Waals surface area contributed by atoms with Crippen molar-refractivity contribution in [2.24, 2.45) is 0 Å². The van der Waals surface area contributed by atoms with Gasteiger partial charge in [-0.2, -0.15) is 5.10 Å². The van der Waals surface area contributed by atoms with Crippen LogP contribution in [-0.4, -0.2) is 27.1 Å². The van der Waals surface area contributed by atoms with Gasteiger partial charge in [-0.25, -0.2) is 4.98 Å². The number of amides is 1. The molecule has 2 N–H and O–H groups in total. The Morgan fingerprint density at radius 2 is 2.50 bits per heavy atom. The molecule has 0 fully saturated rings. The molecule has 1 aliphatic rings. The van der Waals surface area contributed by atoms with E-state index in [9.17, 15) is 4.79 Å². The highest BCUT2D eigenvalue weighted by atomic mass is 16.1. The standard InChI is InChI=1S/C11H16N4O/c16-11(7-6-10-12-8-13-15-10)14-9-4-2-1-3-5-9/h1-2,8-9H,3-7H2,(H,14,16)(H,12,13,15). The summed E-state index contributed by atoms with van der Waals surface area (Å²) in [5, 5.41) is 9.51. The van der Waals surface area contributed by atoms with E-state index in [1.54, 1.807) is 0 Å². The monoisotopic (exact) mass is 220 g/mol. The molecule has 0 aromatic carbocycles. The van der Waals surface area contributed by atoms with Crippen molar-refractivity contribution in [2.75, 3.05) is 0 Å². The third kappa shape index (κ3) is 3.18. The van der Waals surface area contributed by atoms with Gasteiger partial charge in [-0.1, -0.05) is 12.2 Å². The van der Waals surface area contributed by atoms with Crippen molar-refractivity contribution >= 4 is 5.91 Å². The molecular formula is C11H16N4O. The lowest BCUT2D eigenvalue weighted by molar-refractivity contribution is -0.121. The van der Waals surface area contributed by atoms with E-state index in [-0.39, 0.29) is 5.91 Å². The second kappa shape index (κ2) is 5.44. The fraction of sp³-hybridized carbons (Fsp3) is 0.545. The summed E-state index contributed by atoms with van der Waals surface area (Å²) >= 11 is 0. The Kier molecular flexibility index (Phi) is 3.69. The summed E-state index contributed by atoms with van der Waals surface area (Å²) in [7, 11) is 0. The number of carbonyl (C=O) groups is 1. The lowest BCUT2D eigenvalue weighted by Crippen LogP contribution is -2.35. The van der Waals surface area contributed by atoms with Gasteiger partial charge in [0.1, 0.15) is 12.2 Å². The van der Waals surface area contributed by atoms with Crippen molar-refractivity contribution in [3.8, 4) is 0 Å². The Bertz CT molecular complexity index is 358. The lowest BCUT2D eigenvalue weighted by atomic mass is 10.0. The summed E-state index contributed by atoms with van der Waals surface area (Å²) in [6.45, 7) is 0. The van der Waals surface area contributed by atoms with Gasteiger partial charge in [-0.05, 0) is 19.3 Å². The van der Waals surface area contributed by atoms with Crippen molar-refractivity contribution in [1.29, 1.82) is 0 Å². The Labute approximate surface area is 94.3 Å². The number of H-pyrrole nitrogens is 1. The van der Waals surface area contributed by atoms with Gasteiger partial charge in [0.2, 0.25) is 5.91 Å². The van der Waals surface area contributed by atoms with Gasteiger partial charge in [-0.3, -0.25) is 9.89 Å². The second-order valence-electron chi connectivity index (χ2n) is 3.98. The number of carbonyl (C=O) groups excluding carboxylic acids is 1. The van der Waals surface area contributed by atoms with Crippen LogP contribution in [0.2, 0.25) is 0 Å². The third-order valence-corrected chi connectivity index (χ3v) is 2.69. The second-order valence-corrected chi connectivity index (χ2v) is 3.98. The Hall–Kier alpha value is -1.65. The fourth-order valence-electron chi connectivity index (χ4n) is 1.81. The molecular weight excluding hydrogens is 204 g/mol. The predicted molar refractivity (Wildman–Crippen MR) is 59.6 cm³/mol. The lowest BCUT2D eigenvalue weighted by Gasteiger charge is -2.19. The fourth-order valence-corrected chi connectivity index (χ4v) is 1.81. The first kappa shape index (κ1) is 10.9. The van der Waals surface area contributed by atoms with Crippen LogP contribution >= 0.6 is 0 Å². The van der Waals surface area contributed by atoms with Gasteiger partial charge < -0.3 is 5.32 Å². The Balaban J connectivity index is 1.70. The van der Waals surface area contributed by atoms with E-state index in [1.807, 2.05) is 0 Å². The van der Waals surface area contributed by atoms with Crippen molar-refractivity contribution in [3.05, 3.63) is 24.3 Å². The van der Waals surface area contributed by atoms with Gasteiger partial charge in [0.05, 0.1) is 0 Å². The number of hydrogen-bond acceptors (Lipinski definition) is 3. The van der Waals surface area contributed by atoms with E-state index in [0.717, 1.165) is 25.1 Å². The zero-order valence-electron chi connectivity index (χ0n) is 9.15. The van der Waals surface area contributed by atoms with Crippen LogP contribution in [0, 0.1) is 0 Å². The van der Waals surface area contributed by atoms with Crippen LogP contribution in [0.3, 0.4) is 0 Å². The summed E-state index contributed by atoms with van der Waals surface area (Å²) in [4.78, 5) is 15.6. The quantitative estimate of drug-likeness (QED) is 0.742. The van der Waals surface area contributed by atoms with Crippen LogP contribution in [-0.2, 0) is 11.2 Å². The maximum atomic E-state index is 11.6. The molecule has 1 atom stereocenters. The third-order valence-electron chi connectivity index (χ3n) is 2.69. The van der Waals surface area contributed by atoms with Crippen LogP contribution in [0.15, 0.2) is 18.5 Å². The maximum absolute atomic E-state index is 11.6. The van der Waals surface area contributed by atoms with Crippen LogP contribution in [0.5, 0.6) is 0 Å². The molecule has 1 unspecified atom stereocenters. The molecule has 0 radical (unpaired) electrons. The summed E-state index contributed by atoms with van der Waals surface area (Å²) in [5.74, 6) is 0.857. The molecule has 0 spiro atoms. The summed E-state index contributed by atoms with van der Waals surface area (Å²) in [5.41, 5.74) is 0. The van der Waals surface area contributed by atoms with Gasteiger partial charge in [0.15, 0.2) is 0 Å². The number of allylic oxidation sites excluding steroid dienone is 1. The van der Waals surface area contributed by atoms with Crippen LogP contribution in [0.4, 0.5) is 0 Å². The Morgan fingerprint density at radius 1 is 1.56 bits per heavy atom. The van der Waals surface area contributed by atoms with E-state index in [2.05, 4.69) is 32.7 Å². The Morgan fingerprint density at radius 3 is 3.19 bits per heavy atom. The average molecular weight is 220 g/mol. The van der Waals surface area contributed by atoms with Crippen molar-refractivity contribution < 1.29 is 4.79 Å². The highest BCUT2D eigenvalue weighted by Crippen LogP contribution is 2.10. The molecule has 86 valence electrons. The molecule has 1 aromatic heterocycles. The smallest absolute Gasteiger partial charge is 0.220 e. The minimum Gasteiger partial charge on any atom is -0.353 e. The first-order valence-corrected chi connectivity index (χ1v) is 5.63. The normalized spacial score (nSPS) is 19.6. The molecule has 5 nitrogen and oxygen atoms in total. The van der Waals surface area contributed by atoms with Crippen molar-refractivity contribution in [2.45, 2.75) is 38.1 Å². The molecule has 0 aliphatic heterocycles. The number of hydrogen-bond donors (Lipinski definition) is 2. The molecule has 1 aromatic rings.